The molecule has 1 unspecified atom stereocenters. The summed E-state index contributed by atoms with van der Waals surface area (Å²) in [5.74, 6) is -0.529. The Labute approximate surface area is 205 Å². The fourth-order valence-electron chi connectivity index (χ4n) is 5.17. The van der Waals surface area contributed by atoms with Gasteiger partial charge in [-0.3, -0.25) is 19.6 Å². The summed E-state index contributed by atoms with van der Waals surface area (Å²) in [6.07, 6.45) is 10.2. The minimum absolute atomic E-state index is 0.327. The van der Waals surface area contributed by atoms with E-state index in [0.717, 1.165) is 37.9 Å². The summed E-state index contributed by atoms with van der Waals surface area (Å²) < 4.78 is 1.94. The number of aromatic nitrogens is 3. The minimum Gasteiger partial charge on any atom is -0.361 e. The molecule has 2 heterocycles. The van der Waals surface area contributed by atoms with Crippen molar-refractivity contribution in [3.8, 4) is 0 Å². The molecule has 0 fully saturated rings. The van der Waals surface area contributed by atoms with Gasteiger partial charge in [0.2, 0.25) is 0 Å². The predicted octanol–water partition coefficient (Wildman–Crippen LogP) is 4.46. The van der Waals surface area contributed by atoms with E-state index in [1.54, 1.807) is 11.6 Å². The SMILES string of the molecule is Cc1c(CN(CCc2c[nH]c3ccccc23)C2CCc3cc(C=CC(=O)NO)ccc32)cnn1C. The maximum absolute atomic E-state index is 11.4. The maximum Gasteiger partial charge on any atom is 0.267 e. The van der Waals surface area contributed by atoms with E-state index in [0.29, 0.717) is 6.04 Å². The van der Waals surface area contributed by atoms with Crippen LogP contribution in [0.4, 0.5) is 0 Å². The first kappa shape index (κ1) is 23.1. The summed E-state index contributed by atoms with van der Waals surface area (Å²) in [7, 11) is 1.99. The number of carbonyl (C=O) groups is 1. The molecule has 0 bridgehead atoms. The number of hydroxylamine groups is 1. The highest BCUT2D eigenvalue weighted by Gasteiger charge is 2.29. The van der Waals surface area contributed by atoms with Crippen LogP contribution in [0.1, 0.15) is 46.0 Å². The molecular formula is C28H31N5O2. The summed E-state index contributed by atoms with van der Waals surface area (Å²) in [5.41, 5.74) is 10.2. The van der Waals surface area contributed by atoms with Crippen LogP contribution < -0.4 is 5.48 Å². The molecule has 1 amide bonds. The van der Waals surface area contributed by atoms with Gasteiger partial charge in [0.15, 0.2) is 0 Å². The summed E-state index contributed by atoms with van der Waals surface area (Å²) >= 11 is 0. The predicted molar refractivity (Wildman–Crippen MR) is 137 cm³/mol. The standard InChI is InChI=1S/C28H31N5O2/c1-19-23(17-30-32(19)2)18-33(14-13-22-16-29-26-6-4-3-5-24(22)26)27-11-9-21-15-20(7-10-25(21)27)8-12-28(34)31-35/h3-8,10,12,15-17,27,29,35H,9,11,13-14,18H2,1-2H3,(H,31,34). The van der Waals surface area contributed by atoms with Crippen LogP contribution >= 0.6 is 0 Å². The Morgan fingerprint density at radius 3 is 2.94 bits per heavy atom. The third-order valence-electron chi connectivity index (χ3n) is 7.24. The van der Waals surface area contributed by atoms with Crippen LogP contribution in [0.5, 0.6) is 0 Å². The number of hydrogen-bond acceptors (Lipinski definition) is 4. The van der Waals surface area contributed by atoms with E-state index in [4.69, 9.17) is 5.21 Å². The molecule has 0 aliphatic heterocycles. The summed E-state index contributed by atoms with van der Waals surface area (Å²) in [4.78, 5) is 17.3. The molecule has 0 radical (unpaired) electrons. The number of H-pyrrole nitrogens is 1. The van der Waals surface area contributed by atoms with Crippen molar-refractivity contribution in [3.63, 3.8) is 0 Å². The Balaban J connectivity index is 1.40. The third kappa shape index (κ3) is 4.78. The molecule has 2 aromatic heterocycles. The van der Waals surface area contributed by atoms with Crippen LogP contribution in [-0.2, 0) is 31.2 Å². The molecule has 0 spiro atoms. The molecule has 7 heteroatoms. The lowest BCUT2D eigenvalue weighted by Crippen LogP contribution is -2.29. The molecule has 3 N–H and O–H groups in total. The molecule has 0 saturated heterocycles. The summed E-state index contributed by atoms with van der Waals surface area (Å²) in [6, 6.07) is 15.2. The third-order valence-corrected chi connectivity index (χ3v) is 7.24. The van der Waals surface area contributed by atoms with Gasteiger partial charge in [0, 0.05) is 60.6 Å². The molecule has 4 aromatic rings. The quantitative estimate of drug-likeness (QED) is 0.202. The Bertz CT molecular complexity index is 1380. The maximum atomic E-state index is 11.4. The summed E-state index contributed by atoms with van der Waals surface area (Å²) in [6.45, 7) is 3.92. The minimum atomic E-state index is -0.529. The van der Waals surface area contributed by atoms with E-state index >= 15 is 0 Å². The fourth-order valence-corrected chi connectivity index (χ4v) is 5.17. The van der Waals surface area contributed by atoms with Gasteiger partial charge >= 0.3 is 0 Å². The largest absolute Gasteiger partial charge is 0.361 e. The first-order valence-corrected chi connectivity index (χ1v) is 12.0. The Morgan fingerprint density at radius 1 is 1.29 bits per heavy atom. The van der Waals surface area contributed by atoms with Crippen LogP contribution in [0, 0.1) is 6.92 Å². The number of nitrogens with zero attached hydrogens (tertiary/aromatic N) is 3. The Morgan fingerprint density at radius 2 is 2.14 bits per heavy atom. The van der Waals surface area contributed by atoms with Crippen molar-refractivity contribution in [2.24, 2.45) is 7.05 Å². The second-order valence-electron chi connectivity index (χ2n) is 9.28. The highest BCUT2D eigenvalue weighted by atomic mass is 16.5. The van der Waals surface area contributed by atoms with Gasteiger partial charge < -0.3 is 4.98 Å². The molecular weight excluding hydrogens is 438 g/mol. The number of nitrogens with one attached hydrogen (secondary N) is 2. The van der Waals surface area contributed by atoms with Crippen molar-refractivity contribution in [2.45, 2.75) is 38.8 Å². The van der Waals surface area contributed by atoms with E-state index in [2.05, 4.69) is 64.5 Å². The van der Waals surface area contributed by atoms with Crippen molar-refractivity contribution in [2.75, 3.05) is 6.54 Å². The fraction of sp³-hybridized carbons (Fsp3) is 0.286. The van der Waals surface area contributed by atoms with Gasteiger partial charge in [0.1, 0.15) is 0 Å². The average molecular weight is 470 g/mol. The monoisotopic (exact) mass is 469 g/mol. The van der Waals surface area contributed by atoms with E-state index < -0.39 is 5.91 Å². The molecule has 2 aromatic carbocycles. The van der Waals surface area contributed by atoms with Gasteiger partial charge in [0.05, 0.1) is 6.20 Å². The van der Waals surface area contributed by atoms with Crippen molar-refractivity contribution in [1.82, 2.24) is 25.1 Å². The highest BCUT2D eigenvalue weighted by molar-refractivity contribution is 5.90. The zero-order chi connectivity index (χ0) is 24.4. The highest BCUT2D eigenvalue weighted by Crippen LogP contribution is 2.37. The van der Waals surface area contributed by atoms with Crippen LogP contribution in [0.2, 0.25) is 0 Å². The van der Waals surface area contributed by atoms with Crippen molar-refractivity contribution in [3.05, 3.63) is 94.4 Å². The van der Waals surface area contributed by atoms with Crippen LogP contribution in [0.3, 0.4) is 0 Å². The lowest BCUT2D eigenvalue weighted by molar-refractivity contribution is -0.124. The van der Waals surface area contributed by atoms with Gasteiger partial charge in [0.25, 0.3) is 5.91 Å². The topological polar surface area (TPSA) is 86.2 Å². The van der Waals surface area contributed by atoms with E-state index in [1.807, 2.05) is 24.0 Å². The number of para-hydroxylation sites is 1. The molecule has 5 rings (SSSR count). The van der Waals surface area contributed by atoms with Gasteiger partial charge in [-0.25, -0.2) is 5.48 Å². The molecule has 35 heavy (non-hydrogen) atoms. The zero-order valence-corrected chi connectivity index (χ0v) is 20.2. The number of carbonyl (C=O) groups excluding carboxylic acids is 1. The number of benzene rings is 2. The second-order valence-corrected chi connectivity index (χ2v) is 9.28. The van der Waals surface area contributed by atoms with Gasteiger partial charge in [-0.1, -0.05) is 36.4 Å². The molecule has 180 valence electrons. The number of aromatic amines is 1. The van der Waals surface area contributed by atoms with E-state index in [9.17, 15) is 4.79 Å². The lowest BCUT2D eigenvalue weighted by atomic mass is 10.0. The number of rotatable bonds is 8. The van der Waals surface area contributed by atoms with Crippen LogP contribution in [0.15, 0.2) is 60.9 Å². The number of amides is 1. The second kappa shape index (κ2) is 9.90. The van der Waals surface area contributed by atoms with Crippen molar-refractivity contribution < 1.29 is 10.0 Å². The number of aryl methyl sites for hydroxylation is 2. The van der Waals surface area contributed by atoms with E-state index in [1.165, 1.54) is 44.9 Å². The number of fused-ring (bicyclic) bond motifs is 2. The molecule has 0 saturated carbocycles. The molecule has 1 atom stereocenters. The average Bonchev–Trinajstić information content (AvgIpc) is 3.58. The van der Waals surface area contributed by atoms with Gasteiger partial charge in [-0.15, -0.1) is 0 Å². The first-order chi connectivity index (χ1) is 17.0. The van der Waals surface area contributed by atoms with Gasteiger partial charge in [-0.2, -0.15) is 5.10 Å². The summed E-state index contributed by atoms with van der Waals surface area (Å²) in [5, 5.41) is 14.5. The molecule has 1 aliphatic carbocycles. The zero-order valence-electron chi connectivity index (χ0n) is 20.2. The van der Waals surface area contributed by atoms with Gasteiger partial charge in [-0.05, 0) is 60.6 Å². The first-order valence-electron chi connectivity index (χ1n) is 12.0. The number of hydrogen-bond donors (Lipinski definition) is 3. The van der Waals surface area contributed by atoms with Crippen LogP contribution in [0.25, 0.3) is 17.0 Å². The van der Waals surface area contributed by atoms with Crippen molar-refractivity contribution in [1.29, 1.82) is 0 Å². The molecule has 7 nitrogen and oxygen atoms in total. The Hall–Kier alpha value is -3.68. The van der Waals surface area contributed by atoms with Crippen molar-refractivity contribution >= 4 is 22.9 Å². The lowest BCUT2D eigenvalue weighted by Gasteiger charge is -2.30. The van der Waals surface area contributed by atoms with E-state index in [-0.39, 0.29) is 0 Å². The Kier molecular flexibility index (Phi) is 6.53. The normalized spacial score (nSPS) is 15.4. The molecule has 1 aliphatic rings. The van der Waals surface area contributed by atoms with Crippen LogP contribution in [-0.4, -0.2) is 37.3 Å². The smallest absolute Gasteiger partial charge is 0.267 e.